The van der Waals surface area contributed by atoms with Crippen molar-refractivity contribution < 1.29 is 0 Å². The van der Waals surface area contributed by atoms with E-state index in [1.807, 2.05) is 12.4 Å². The van der Waals surface area contributed by atoms with Crippen LogP contribution in [0.1, 0.15) is 48.8 Å². The highest BCUT2D eigenvalue weighted by Crippen LogP contribution is 2.12. The van der Waals surface area contributed by atoms with Gasteiger partial charge in [-0.25, -0.2) is 9.97 Å². The van der Waals surface area contributed by atoms with Gasteiger partial charge in [0, 0.05) is 36.5 Å². The molecule has 2 aromatic rings. The van der Waals surface area contributed by atoms with Gasteiger partial charge >= 0.3 is 0 Å². The summed E-state index contributed by atoms with van der Waals surface area (Å²) in [5, 5.41) is 3.44. The molecule has 1 aromatic carbocycles. The molecule has 2 rings (SSSR count). The number of nitrogens with zero attached hydrogens (tertiary/aromatic N) is 2. The Hall–Kier alpha value is -1.74. The maximum atomic E-state index is 4.48. The molecule has 1 N–H and O–H groups in total. The van der Waals surface area contributed by atoms with Crippen molar-refractivity contribution in [1.29, 1.82) is 0 Å². The third kappa shape index (κ3) is 5.27. The molecule has 0 atom stereocenters. The molecular weight excluding hydrogens is 258 g/mol. The Labute approximate surface area is 127 Å². The van der Waals surface area contributed by atoms with Gasteiger partial charge in [-0.2, -0.15) is 0 Å². The van der Waals surface area contributed by atoms with E-state index in [0.717, 1.165) is 24.4 Å². The summed E-state index contributed by atoms with van der Waals surface area (Å²) in [7, 11) is 0. The van der Waals surface area contributed by atoms with E-state index in [1.165, 1.54) is 16.7 Å². The van der Waals surface area contributed by atoms with Crippen molar-refractivity contribution in [2.45, 2.75) is 53.1 Å². The summed E-state index contributed by atoms with van der Waals surface area (Å²) in [6.45, 7) is 11.5. The highest BCUT2D eigenvalue weighted by atomic mass is 15.0. The monoisotopic (exact) mass is 283 g/mol. The van der Waals surface area contributed by atoms with Gasteiger partial charge in [0.15, 0.2) is 0 Å². The first-order valence-corrected chi connectivity index (χ1v) is 7.44. The summed E-state index contributed by atoms with van der Waals surface area (Å²) in [6.07, 6.45) is 4.63. The molecule has 1 heterocycles. The maximum Gasteiger partial charge on any atom is 0.132 e. The van der Waals surface area contributed by atoms with Crippen LogP contribution in [-0.4, -0.2) is 15.5 Å². The van der Waals surface area contributed by atoms with Crippen LogP contribution >= 0.6 is 0 Å². The van der Waals surface area contributed by atoms with Gasteiger partial charge in [-0.1, -0.05) is 29.3 Å². The Morgan fingerprint density at radius 2 is 1.48 bits per heavy atom. The van der Waals surface area contributed by atoms with Gasteiger partial charge in [-0.05, 0) is 40.2 Å². The predicted molar refractivity (Wildman–Crippen MR) is 87.3 cm³/mol. The van der Waals surface area contributed by atoms with Crippen molar-refractivity contribution in [1.82, 2.24) is 15.3 Å². The second kappa shape index (κ2) is 6.35. The SMILES string of the molecule is Cc1cc(C)cc(Cc2ncc(CNC(C)(C)C)cn2)c1. The van der Waals surface area contributed by atoms with Gasteiger partial charge in [-0.15, -0.1) is 0 Å². The van der Waals surface area contributed by atoms with Crippen LogP contribution in [0.4, 0.5) is 0 Å². The summed E-state index contributed by atoms with van der Waals surface area (Å²) >= 11 is 0. The number of nitrogens with one attached hydrogen (secondary N) is 1. The average Bonchev–Trinajstić information content (AvgIpc) is 2.36. The molecule has 21 heavy (non-hydrogen) atoms. The quantitative estimate of drug-likeness (QED) is 0.932. The predicted octanol–water partition coefficient (Wildman–Crippen LogP) is 3.57. The third-order valence-corrected chi connectivity index (χ3v) is 3.23. The molecule has 0 saturated heterocycles. The molecule has 3 heteroatoms. The average molecular weight is 283 g/mol. The van der Waals surface area contributed by atoms with Gasteiger partial charge in [0.2, 0.25) is 0 Å². The van der Waals surface area contributed by atoms with Crippen molar-refractivity contribution in [2.75, 3.05) is 0 Å². The van der Waals surface area contributed by atoms with Crippen LogP contribution in [0.3, 0.4) is 0 Å². The molecule has 1 aromatic heterocycles. The number of hydrogen-bond acceptors (Lipinski definition) is 3. The van der Waals surface area contributed by atoms with Gasteiger partial charge in [-0.3, -0.25) is 0 Å². The van der Waals surface area contributed by atoms with Crippen LogP contribution < -0.4 is 5.32 Å². The van der Waals surface area contributed by atoms with Crippen molar-refractivity contribution in [2.24, 2.45) is 0 Å². The second-order valence-electron chi connectivity index (χ2n) is 6.78. The van der Waals surface area contributed by atoms with E-state index in [2.05, 4.69) is 68.1 Å². The van der Waals surface area contributed by atoms with Crippen LogP contribution in [0, 0.1) is 13.8 Å². The molecule has 0 fully saturated rings. The lowest BCUT2D eigenvalue weighted by atomic mass is 10.0. The minimum absolute atomic E-state index is 0.109. The molecule has 0 aliphatic rings. The second-order valence-corrected chi connectivity index (χ2v) is 6.78. The molecule has 0 bridgehead atoms. The van der Waals surface area contributed by atoms with Gasteiger partial charge in [0.05, 0.1) is 0 Å². The first kappa shape index (κ1) is 15.6. The van der Waals surface area contributed by atoms with Crippen molar-refractivity contribution in [3.8, 4) is 0 Å². The van der Waals surface area contributed by atoms with E-state index in [0.29, 0.717) is 0 Å². The first-order chi connectivity index (χ1) is 9.82. The summed E-state index contributed by atoms with van der Waals surface area (Å²) in [5.41, 5.74) is 5.08. The molecule has 112 valence electrons. The normalized spacial score (nSPS) is 11.7. The number of aromatic nitrogens is 2. The Balaban J connectivity index is 2.02. The lowest BCUT2D eigenvalue weighted by Gasteiger charge is -2.20. The van der Waals surface area contributed by atoms with E-state index in [4.69, 9.17) is 0 Å². The Bertz CT molecular complexity index is 575. The molecule has 0 spiro atoms. The molecular formula is C18H25N3. The zero-order chi connectivity index (χ0) is 15.5. The number of rotatable bonds is 4. The standard InChI is InChI=1S/C18H25N3/c1-13-6-14(2)8-15(7-13)9-17-19-10-16(11-20-17)12-21-18(3,4)5/h6-8,10-11,21H,9,12H2,1-5H3. The topological polar surface area (TPSA) is 37.8 Å². The smallest absolute Gasteiger partial charge is 0.132 e. The largest absolute Gasteiger partial charge is 0.308 e. The molecule has 0 aliphatic heterocycles. The molecule has 0 unspecified atom stereocenters. The molecule has 0 amide bonds. The highest BCUT2D eigenvalue weighted by Gasteiger charge is 2.08. The number of aryl methyl sites for hydroxylation is 2. The number of hydrogen-bond donors (Lipinski definition) is 1. The van der Waals surface area contributed by atoms with Crippen molar-refractivity contribution >= 4 is 0 Å². The number of benzene rings is 1. The lowest BCUT2D eigenvalue weighted by molar-refractivity contribution is 0.423. The first-order valence-electron chi connectivity index (χ1n) is 7.44. The summed E-state index contributed by atoms with van der Waals surface area (Å²) in [6, 6.07) is 6.59. The molecule has 0 aliphatic carbocycles. The minimum atomic E-state index is 0.109. The molecule has 0 saturated carbocycles. The van der Waals surface area contributed by atoms with E-state index in [1.54, 1.807) is 0 Å². The van der Waals surface area contributed by atoms with Crippen molar-refractivity contribution in [3.63, 3.8) is 0 Å². The van der Waals surface area contributed by atoms with Gasteiger partial charge in [0.25, 0.3) is 0 Å². The van der Waals surface area contributed by atoms with E-state index in [9.17, 15) is 0 Å². The van der Waals surface area contributed by atoms with Gasteiger partial charge < -0.3 is 5.32 Å². The van der Waals surface area contributed by atoms with E-state index < -0.39 is 0 Å². The zero-order valence-electron chi connectivity index (χ0n) is 13.7. The van der Waals surface area contributed by atoms with E-state index >= 15 is 0 Å². The zero-order valence-corrected chi connectivity index (χ0v) is 13.7. The van der Waals surface area contributed by atoms with E-state index in [-0.39, 0.29) is 5.54 Å². The highest BCUT2D eigenvalue weighted by molar-refractivity contribution is 5.30. The fraction of sp³-hybridized carbons (Fsp3) is 0.444. The summed E-state index contributed by atoms with van der Waals surface area (Å²) in [5.74, 6) is 0.875. The summed E-state index contributed by atoms with van der Waals surface area (Å²) < 4.78 is 0. The Morgan fingerprint density at radius 1 is 0.905 bits per heavy atom. The Morgan fingerprint density at radius 3 is 2.00 bits per heavy atom. The van der Waals surface area contributed by atoms with Crippen LogP contribution in [0.15, 0.2) is 30.6 Å². The van der Waals surface area contributed by atoms with Crippen LogP contribution in [0.5, 0.6) is 0 Å². The third-order valence-electron chi connectivity index (χ3n) is 3.23. The maximum absolute atomic E-state index is 4.48. The lowest BCUT2D eigenvalue weighted by Crippen LogP contribution is -2.35. The Kier molecular flexibility index (Phi) is 4.73. The fourth-order valence-electron chi connectivity index (χ4n) is 2.28. The van der Waals surface area contributed by atoms with Gasteiger partial charge in [0.1, 0.15) is 5.82 Å². The van der Waals surface area contributed by atoms with Crippen molar-refractivity contribution in [3.05, 3.63) is 58.7 Å². The molecule has 3 nitrogen and oxygen atoms in total. The minimum Gasteiger partial charge on any atom is -0.308 e. The van der Waals surface area contributed by atoms with Crippen LogP contribution in [0.25, 0.3) is 0 Å². The van der Waals surface area contributed by atoms with Crippen LogP contribution in [-0.2, 0) is 13.0 Å². The van der Waals surface area contributed by atoms with Crippen LogP contribution in [0.2, 0.25) is 0 Å². The fourth-order valence-corrected chi connectivity index (χ4v) is 2.28. The summed E-state index contributed by atoms with van der Waals surface area (Å²) in [4.78, 5) is 8.97. The molecule has 0 radical (unpaired) electrons.